The summed E-state index contributed by atoms with van der Waals surface area (Å²) < 4.78 is 11.3. The molecular formula is C66H72N10O12. The Morgan fingerprint density at radius 3 is 1.62 bits per heavy atom. The summed E-state index contributed by atoms with van der Waals surface area (Å²) in [6.45, 7) is 6.44. The maximum Gasteiger partial charge on any atom is 0.413 e. The summed E-state index contributed by atoms with van der Waals surface area (Å²) in [6, 6.07) is 42.0. The third kappa shape index (κ3) is 16.1. The number of alkyl carbamates (subject to hydrolysis) is 1. The highest BCUT2D eigenvalue weighted by Gasteiger charge is 2.40. The number of aromatic amines is 1. The van der Waals surface area contributed by atoms with E-state index in [4.69, 9.17) is 15.2 Å². The van der Waals surface area contributed by atoms with Crippen LogP contribution in [0.3, 0.4) is 0 Å². The number of para-hydroxylation sites is 1. The maximum absolute atomic E-state index is 15.2. The number of H-pyrrole nitrogens is 1. The van der Waals surface area contributed by atoms with Crippen LogP contribution in [0.5, 0.6) is 0 Å². The number of aromatic nitrogens is 1. The molecule has 0 saturated carbocycles. The fourth-order valence-corrected chi connectivity index (χ4v) is 10.5. The van der Waals surface area contributed by atoms with Crippen molar-refractivity contribution in [2.24, 2.45) is 5.73 Å². The van der Waals surface area contributed by atoms with E-state index in [1.54, 1.807) is 51.2 Å². The molecule has 0 spiro atoms. The second kappa shape index (κ2) is 28.9. The minimum atomic E-state index is -1.94. The highest BCUT2D eigenvalue weighted by Crippen LogP contribution is 2.44. The van der Waals surface area contributed by atoms with Gasteiger partial charge in [-0.25, -0.2) is 10.2 Å². The molecule has 12 N–H and O–H groups in total. The highest BCUT2D eigenvalue weighted by atomic mass is 16.6. The van der Waals surface area contributed by atoms with Crippen molar-refractivity contribution in [3.05, 3.63) is 203 Å². The first kappa shape index (κ1) is 64.0. The Kier molecular flexibility index (Phi) is 21.0. The minimum Gasteiger partial charge on any atom is -0.460 e. The minimum absolute atomic E-state index is 0.151. The molecule has 1 heterocycles. The van der Waals surface area contributed by atoms with E-state index in [1.807, 2.05) is 140 Å². The van der Waals surface area contributed by atoms with Crippen LogP contribution in [0.2, 0.25) is 0 Å². The van der Waals surface area contributed by atoms with Gasteiger partial charge in [-0.1, -0.05) is 158 Å². The normalized spacial score (nSPS) is 14.0. The SMILES string of the molecule is C[C@H](N)C(=O)NCC(=O)N[C@H](C(=O)N[C@@H](CC(=O)OC(C)(C)C)C(=O)N[C@H](CC(=O)NNC(c1ccccc1)(c1ccccc1)c1ccccc1)C(=O)N[C@@H](Cc1c[nH]c2ccccc12)C(=O)NC(=O)OCC1c2ccccc2-c2ccccc21)[C@@H](C)O. The molecule has 0 radical (unpaired) electrons. The van der Waals surface area contributed by atoms with Gasteiger partial charge in [0, 0.05) is 29.4 Å². The number of hydrogen-bond acceptors (Lipinski definition) is 14. The number of hydrogen-bond donors (Lipinski definition) is 11. The number of nitrogens with one attached hydrogen (secondary N) is 9. The van der Waals surface area contributed by atoms with Crippen molar-refractivity contribution >= 4 is 64.3 Å². The van der Waals surface area contributed by atoms with Gasteiger partial charge in [0.05, 0.1) is 31.5 Å². The fourth-order valence-electron chi connectivity index (χ4n) is 10.5. The van der Waals surface area contributed by atoms with E-state index >= 15 is 4.79 Å². The van der Waals surface area contributed by atoms with Crippen LogP contribution in [0.25, 0.3) is 22.0 Å². The van der Waals surface area contributed by atoms with Crippen LogP contribution in [-0.2, 0) is 59.8 Å². The molecule has 1 aromatic heterocycles. The number of aliphatic hydroxyl groups is 1. The standard InChI is InChI=1S/C66H72N10O12/c1-39(67)59(81)69-37-56(79)73-58(40(2)77)63(85)72-54(35-57(80)88-65(3,4)5)61(83)71-53(34-55(78)75-76-66(42-21-9-6-10-22-42,43-23-11-7-12-24-43)44-25-13-8-14-26-44)60(82)70-52(33-41-36-68-51-32-20-19-27-45(41)51)62(84)74-64(86)87-38-50-48-30-17-15-28-46(48)47-29-16-18-31-49(47)50/h6-32,36,39-40,50,52-54,58,68,76-77H,33-35,37-38,67H2,1-5H3,(H,69,81)(H,70,82)(H,71,83)(H,72,85)(H,73,79)(H,75,78)(H,74,84,86)/t39-,40+,52-,53+,54-,58-/m0/s1. The summed E-state index contributed by atoms with van der Waals surface area (Å²) in [7, 11) is 0. The maximum atomic E-state index is 15.2. The first-order valence-corrected chi connectivity index (χ1v) is 28.7. The Morgan fingerprint density at radius 2 is 1.08 bits per heavy atom. The summed E-state index contributed by atoms with van der Waals surface area (Å²) in [5, 5.41) is 25.8. The second-order valence-corrected chi connectivity index (χ2v) is 22.4. The molecule has 22 heteroatoms. The number of esters is 1. The second-order valence-electron chi connectivity index (χ2n) is 22.4. The van der Waals surface area contributed by atoms with Crippen molar-refractivity contribution in [2.75, 3.05) is 13.2 Å². The lowest BCUT2D eigenvalue weighted by Gasteiger charge is -2.37. The van der Waals surface area contributed by atoms with Crippen LogP contribution in [0.4, 0.5) is 4.79 Å². The van der Waals surface area contributed by atoms with Crippen molar-refractivity contribution in [3.8, 4) is 11.1 Å². The van der Waals surface area contributed by atoms with Gasteiger partial charge in [0.15, 0.2) is 0 Å². The van der Waals surface area contributed by atoms with Gasteiger partial charge in [-0.3, -0.25) is 49.1 Å². The molecule has 22 nitrogen and oxygen atoms in total. The lowest BCUT2D eigenvalue weighted by atomic mass is 9.77. The molecule has 7 aromatic rings. The van der Waals surface area contributed by atoms with Crippen molar-refractivity contribution in [3.63, 3.8) is 0 Å². The van der Waals surface area contributed by atoms with Gasteiger partial charge in [0.1, 0.15) is 41.9 Å². The number of hydrazine groups is 1. The molecule has 0 saturated heterocycles. The van der Waals surface area contributed by atoms with Crippen LogP contribution < -0.4 is 48.5 Å². The zero-order valence-corrected chi connectivity index (χ0v) is 49.3. The van der Waals surface area contributed by atoms with Crippen LogP contribution in [0, 0.1) is 0 Å². The lowest BCUT2D eigenvalue weighted by Crippen LogP contribution is -2.61. The number of fused-ring (bicyclic) bond motifs is 4. The summed E-state index contributed by atoms with van der Waals surface area (Å²) in [5.41, 5.74) is 16.3. The van der Waals surface area contributed by atoms with E-state index < -0.39 is 120 Å². The topological polar surface area (TPSA) is 330 Å². The van der Waals surface area contributed by atoms with Crippen molar-refractivity contribution in [1.29, 1.82) is 0 Å². The van der Waals surface area contributed by atoms with Crippen molar-refractivity contribution in [1.82, 2.24) is 47.7 Å². The van der Waals surface area contributed by atoms with E-state index in [2.05, 4.69) is 47.7 Å². The zero-order valence-electron chi connectivity index (χ0n) is 49.3. The number of carbonyl (C=O) groups excluding carboxylic acids is 9. The number of aliphatic hydroxyl groups excluding tert-OH is 1. The number of amides is 8. The van der Waals surface area contributed by atoms with Crippen LogP contribution in [0.15, 0.2) is 170 Å². The molecule has 6 aromatic carbocycles. The van der Waals surface area contributed by atoms with Gasteiger partial charge >= 0.3 is 12.1 Å². The van der Waals surface area contributed by atoms with Gasteiger partial charge in [0.2, 0.25) is 35.4 Å². The van der Waals surface area contributed by atoms with Crippen LogP contribution in [0.1, 0.15) is 86.8 Å². The number of benzene rings is 6. The van der Waals surface area contributed by atoms with Crippen molar-refractivity contribution in [2.45, 2.75) is 107 Å². The number of ether oxygens (including phenoxy) is 2. The largest absolute Gasteiger partial charge is 0.460 e. The van der Waals surface area contributed by atoms with Gasteiger partial charge in [-0.05, 0) is 85.2 Å². The smallest absolute Gasteiger partial charge is 0.413 e. The third-order valence-electron chi connectivity index (χ3n) is 14.7. The molecule has 0 bridgehead atoms. The Hall–Kier alpha value is -10.0. The van der Waals surface area contributed by atoms with E-state index in [-0.39, 0.29) is 18.9 Å². The third-order valence-corrected chi connectivity index (χ3v) is 14.7. The van der Waals surface area contributed by atoms with Crippen LogP contribution in [-0.4, -0.2) is 119 Å². The molecule has 88 heavy (non-hydrogen) atoms. The Balaban J connectivity index is 1.11. The number of imide groups is 1. The number of nitrogens with two attached hydrogens (primary N) is 1. The lowest BCUT2D eigenvalue weighted by molar-refractivity contribution is -0.157. The molecule has 0 unspecified atom stereocenters. The molecule has 1 aliphatic carbocycles. The molecule has 1 aliphatic rings. The molecule has 0 aliphatic heterocycles. The summed E-state index contributed by atoms with van der Waals surface area (Å²) in [6.07, 6.45) is -3.14. The molecule has 8 amide bonds. The molecule has 8 rings (SSSR count). The van der Waals surface area contributed by atoms with Gasteiger partial charge in [-0.2, -0.15) is 0 Å². The Bertz CT molecular complexity index is 3500. The zero-order chi connectivity index (χ0) is 63.1. The van der Waals surface area contributed by atoms with E-state index in [0.29, 0.717) is 33.2 Å². The Labute approximate surface area is 508 Å². The molecule has 0 fully saturated rings. The quantitative estimate of drug-likeness (QED) is 0.0216. The predicted molar refractivity (Wildman–Crippen MR) is 327 cm³/mol. The van der Waals surface area contributed by atoms with E-state index in [0.717, 1.165) is 22.3 Å². The number of carbonyl (C=O) groups is 9. The van der Waals surface area contributed by atoms with Gasteiger partial charge in [0.25, 0.3) is 5.91 Å². The van der Waals surface area contributed by atoms with E-state index in [1.165, 1.54) is 13.8 Å². The monoisotopic (exact) mass is 1200 g/mol. The van der Waals surface area contributed by atoms with Gasteiger partial charge < -0.3 is 51.9 Å². The van der Waals surface area contributed by atoms with E-state index in [9.17, 15) is 43.5 Å². The summed E-state index contributed by atoms with van der Waals surface area (Å²) in [4.78, 5) is 129. The summed E-state index contributed by atoms with van der Waals surface area (Å²) in [5.74, 6) is -8.45. The van der Waals surface area contributed by atoms with Crippen LogP contribution >= 0.6 is 0 Å². The predicted octanol–water partition coefficient (Wildman–Crippen LogP) is 4.29. The first-order valence-electron chi connectivity index (χ1n) is 28.7. The van der Waals surface area contributed by atoms with Gasteiger partial charge in [-0.15, -0.1) is 0 Å². The first-order chi connectivity index (χ1) is 42.1. The number of rotatable bonds is 25. The molecule has 6 atom stereocenters. The fraction of sp³-hybridized carbons (Fsp3) is 0.288. The highest BCUT2D eigenvalue weighted by molar-refractivity contribution is 6.01. The average Bonchev–Trinajstić information content (AvgIpc) is 1.57. The van der Waals surface area contributed by atoms with Crippen molar-refractivity contribution < 1.29 is 57.7 Å². The molecule has 458 valence electrons. The Morgan fingerprint density at radius 1 is 0.580 bits per heavy atom. The molecular weight excluding hydrogens is 1120 g/mol. The summed E-state index contributed by atoms with van der Waals surface area (Å²) >= 11 is 0. The average molecular weight is 1200 g/mol.